The Morgan fingerprint density at radius 1 is 0.889 bits per heavy atom. The summed E-state index contributed by atoms with van der Waals surface area (Å²) in [6, 6.07) is 22.0. The average molecular weight is 370 g/mol. The summed E-state index contributed by atoms with van der Waals surface area (Å²) in [5, 5.41) is 5.08. The van der Waals surface area contributed by atoms with Crippen molar-refractivity contribution in [2.24, 2.45) is 0 Å². The number of nitrogens with zero attached hydrogens (tertiary/aromatic N) is 1. The first-order chi connectivity index (χ1) is 13.2. The van der Waals surface area contributed by atoms with Crippen molar-refractivity contribution < 1.29 is 4.79 Å². The molecule has 0 atom stereocenters. The molecule has 1 amide bonds. The van der Waals surface area contributed by atoms with E-state index in [1.54, 1.807) is 23.7 Å². The van der Waals surface area contributed by atoms with Crippen LogP contribution in [-0.2, 0) is 0 Å². The zero-order chi connectivity index (χ0) is 18.6. The van der Waals surface area contributed by atoms with E-state index in [0.717, 1.165) is 27.9 Å². The lowest BCUT2D eigenvalue weighted by Gasteiger charge is -2.11. The Morgan fingerprint density at radius 2 is 1.74 bits per heavy atom. The number of aromatic nitrogens is 1. The minimum Gasteiger partial charge on any atom is -0.322 e. The molecule has 4 aromatic rings. The summed E-state index contributed by atoms with van der Waals surface area (Å²) in [5.74, 6) is -0.160. The van der Waals surface area contributed by atoms with Gasteiger partial charge in [-0.1, -0.05) is 48.5 Å². The second kappa shape index (κ2) is 7.56. The van der Waals surface area contributed by atoms with Crippen LogP contribution in [0.4, 0.5) is 5.69 Å². The highest BCUT2D eigenvalue weighted by Crippen LogP contribution is 2.29. The summed E-state index contributed by atoms with van der Waals surface area (Å²) in [5.41, 5.74) is 5.44. The van der Waals surface area contributed by atoms with Gasteiger partial charge in [0.15, 0.2) is 0 Å². The Kier molecular flexibility index (Phi) is 4.81. The molecule has 0 aliphatic rings. The first kappa shape index (κ1) is 17.2. The standard InChI is InChI=1S/C23H18N2OS/c1-16-9-10-18(22-8-5-11-27-22)13-21(16)25-23(26)20-12-19(14-24-15-20)17-6-3-2-4-7-17/h2-15H,1H3,(H,25,26). The fourth-order valence-electron chi connectivity index (χ4n) is 2.90. The topological polar surface area (TPSA) is 42.0 Å². The van der Waals surface area contributed by atoms with Crippen LogP contribution in [0, 0.1) is 6.92 Å². The van der Waals surface area contributed by atoms with Crippen LogP contribution in [0.15, 0.2) is 84.5 Å². The number of pyridine rings is 1. The largest absolute Gasteiger partial charge is 0.322 e. The Hall–Kier alpha value is -3.24. The van der Waals surface area contributed by atoms with Gasteiger partial charge in [0.1, 0.15) is 0 Å². The van der Waals surface area contributed by atoms with Crippen molar-refractivity contribution in [2.45, 2.75) is 6.92 Å². The molecule has 132 valence electrons. The molecule has 0 saturated carbocycles. The van der Waals surface area contributed by atoms with Crippen LogP contribution in [0.3, 0.4) is 0 Å². The van der Waals surface area contributed by atoms with E-state index in [1.165, 1.54) is 4.88 Å². The van der Waals surface area contributed by atoms with E-state index in [-0.39, 0.29) is 5.91 Å². The molecular weight excluding hydrogens is 352 g/mol. The van der Waals surface area contributed by atoms with Gasteiger partial charge < -0.3 is 5.32 Å². The molecule has 4 heteroatoms. The third kappa shape index (κ3) is 3.81. The number of hydrogen-bond acceptors (Lipinski definition) is 3. The fraction of sp³-hybridized carbons (Fsp3) is 0.0435. The van der Waals surface area contributed by atoms with Crippen molar-refractivity contribution >= 4 is 22.9 Å². The molecule has 27 heavy (non-hydrogen) atoms. The summed E-state index contributed by atoms with van der Waals surface area (Å²) in [6.07, 6.45) is 3.37. The Morgan fingerprint density at radius 3 is 2.52 bits per heavy atom. The lowest BCUT2D eigenvalue weighted by molar-refractivity contribution is 0.102. The summed E-state index contributed by atoms with van der Waals surface area (Å²) in [6.45, 7) is 1.99. The van der Waals surface area contributed by atoms with Crippen LogP contribution in [0.5, 0.6) is 0 Å². The molecule has 0 bridgehead atoms. The number of nitrogens with one attached hydrogen (secondary N) is 1. The van der Waals surface area contributed by atoms with Gasteiger partial charge in [0.2, 0.25) is 0 Å². The SMILES string of the molecule is Cc1ccc(-c2cccs2)cc1NC(=O)c1cncc(-c2ccccc2)c1. The fourth-order valence-corrected chi connectivity index (χ4v) is 3.62. The maximum atomic E-state index is 12.8. The molecule has 0 spiro atoms. The number of aryl methyl sites for hydroxylation is 1. The van der Waals surface area contributed by atoms with Gasteiger partial charge in [-0.3, -0.25) is 9.78 Å². The number of rotatable bonds is 4. The number of anilines is 1. The van der Waals surface area contributed by atoms with Gasteiger partial charge in [-0.15, -0.1) is 11.3 Å². The second-order valence-electron chi connectivity index (χ2n) is 6.29. The molecule has 0 radical (unpaired) electrons. The highest BCUT2D eigenvalue weighted by Gasteiger charge is 2.11. The second-order valence-corrected chi connectivity index (χ2v) is 7.24. The van der Waals surface area contributed by atoms with E-state index in [2.05, 4.69) is 22.4 Å². The highest BCUT2D eigenvalue weighted by atomic mass is 32.1. The van der Waals surface area contributed by atoms with Gasteiger partial charge in [0.25, 0.3) is 5.91 Å². The predicted molar refractivity (Wildman–Crippen MR) is 112 cm³/mol. The molecule has 0 saturated heterocycles. The van der Waals surface area contributed by atoms with Gasteiger partial charge >= 0.3 is 0 Å². The molecule has 4 rings (SSSR count). The minimum absolute atomic E-state index is 0.160. The van der Waals surface area contributed by atoms with E-state index in [4.69, 9.17) is 0 Å². The van der Waals surface area contributed by atoms with Crippen molar-refractivity contribution in [3.63, 3.8) is 0 Å². The monoisotopic (exact) mass is 370 g/mol. The number of carbonyl (C=O) groups is 1. The number of amides is 1. The third-order valence-corrected chi connectivity index (χ3v) is 5.32. The molecule has 0 aliphatic heterocycles. The van der Waals surface area contributed by atoms with Crippen LogP contribution < -0.4 is 5.32 Å². The van der Waals surface area contributed by atoms with E-state index < -0.39 is 0 Å². The maximum absolute atomic E-state index is 12.8. The van der Waals surface area contributed by atoms with E-state index in [0.29, 0.717) is 5.56 Å². The molecular formula is C23H18N2OS. The van der Waals surface area contributed by atoms with Crippen LogP contribution in [-0.4, -0.2) is 10.9 Å². The number of hydrogen-bond donors (Lipinski definition) is 1. The van der Waals surface area contributed by atoms with Gasteiger partial charge in [-0.25, -0.2) is 0 Å². The summed E-state index contributed by atoms with van der Waals surface area (Å²) < 4.78 is 0. The summed E-state index contributed by atoms with van der Waals surface area (Å²) >= 11 is 1.68. The van der Waals surface area contributed by atoms with Gasteiger partial charge in [-0.2, -0.15) is 0 Å². The molecule has 0 unspecified atom stereocenters. The number of benzene rings is 2. The molecule has 2 aromatic heterocycles. The van der Waals surface area contributed by atoms with Crippen LogP contribution in [0.2, 0.25) is 0 Å². The zero-order valence-corrected chi connectivity index (χ0v) is 15.7. The number of carbonyl (C=O) groups excluding carboxylic acids is 1. The number of thiophene rings is 1. The van der Waals surface area contributed by atoms with E-state index >= 15 is 0 Å². The smallest absolute Gasteiger partial charge is 0.257 e. The van der Waals surface area contributed by atoms with E-state index in [9.17, 15) is 4.79 Å². The summed E-state index contributed by atoms with van der Waals surface area (Å²) in [7, 11) is 0. The molecule has 3 nitrogen and oxygen atoms in total. The molecule has 1 N–H and O–H groups in total. The average Bonchev–Trinajstić information content (AvgIpc) is 3.25. The van der Waals surface area contributed by atoms with Gasteiger partial charge in [0.05, 0.1) is 5.56 Å². The Labute approximate surface area is 162 Å². The molecule has 0 fully saturated rings. The normalized spacial score (nSPS) is 10.6. The van der Waals surface area contributed by atoms with E-state index in [1.807, 2.05) is 66.9 Å². The quantitative estimate of drug-likeness (QED) is 0.476. The highest BCUT2D eigenvalue weighted by molar-refractivity contribution is 7.13. The van der Waals surface area contributed by atoms with Crippen molar-refractivity contribution in [1.29, 1.82) is 0 Å². The zero-order valence-electron chi connectivity index (χ0n) is 14.8. The lowest BCUT2D eigenvalue weighted by atomic mass is 10.1. The third-order valence-electron chi connectivity index (χ3n) is 4.40. The Bertz CT molecular complexity index is 1070. The maximum Gasteiger partial charge on any atom is 0.257 e. The predicted octanol–water partition coefficient (Wildman–Crippen LogP) is 6.04. The van der Waals surface area contributed by atoms with Crippen molar-refractivity contribution in [3.05, 3.63) is 95.6 Å². The van der Waals surface area contributed by atoms with Crippen molar-refractivity contribution in [3.8, 4) is 21.6 Å². The minimum atomic E-state index is -0.160. The molecule has 0 aliphatic carbocycles. The first-order valence-electron chi connectivity index (χ1n) is 8.67. The first-order valence-corrected chi connectivity index (χ1v) is 9.55. The van der Waals surface area contributed by atoms with Crippen LogP contribution >= 0.6 is 11.3 Å². The lowest BCUT2D eigenvalue weighted by Crippen LogP contribution is -2.13. The van der Waals surface area contributed by atoms with Gasteiger partial charge in [-0.05, 0) is 47.2 Å². The molecule has 2 heterocycles. The van der Waals surface area contributed by atoms with Crippen LogP contribution in [0.1, 0.15) is 15.9 Å². The van der Waals surface area contributed by atoms with Crippen molar-refractivity contribution in [1.82, 2.24) is 4.98 Å². The summed E-state index contributed by atoms with van der Waals surface area (Å²) in [4.78, 5) is 18.2. The van der Waals surface area contributed by atoms with Gasteiger partial charge in [0, 0.05) is 28.5 Å². The van der Waals surface area contributed by atoms with Crippen molar-refractivity contribution in [2.75, 3.05) is 5.32 Å². The molecule has 2 aromatic carbocycles. The Balaban J connectivity index is 1.61. The van der Waals surface area contributed by atoms with Crippen LogP contribution in [0.25, 0.3) is 21.6 Å².